The molecule has 1 aromatic rings. The molecule has 0 spiro atoms. The smallest absolute Gasteiger partial charge is 0.267 e. The number of fused-ring (bicyclic) bond motifs is 4. The topological polar surface area (TPSA) is 77.7 Å². The number of carbonyl (C=O) groups is 1. The monoisotopic (exact) mass is 421 g/mol. The van der Waals surface area contributed by atoms with E-state index in [1.807, 2.05) is 19.2 Å². The normalized spacial score (nSPS) is 39.0. The van der Waals surface area contributed by atoms with Crippen molar-refractivity contribution < 1.29 is 14.3 Å². The fourth-order valence-corrected chi connectivity index (χ4v) is 6.62. The number of amides is 1. The van der Waals surface area contributed by atoms with E-state index < -0.39 is 5.91 Å². The van der Waals surface area contributed by atoms with Crippen LogP contribution in [-0.2, 0) is 15.1 Å². The number of piperidine rings is 1. The standard InChI is InChI=1S/C22H31N3O3.ClH/c1-27-22(14-7-8-24-20(9-14)21(23)26)15-3-2-4-16(22)13-25(12-15)17-10-18-5-6-19(11-17)28-18;/h7-9,15-19H,2-6,10-13H2,1H3,(H2,23,26);1H/t15-,16+,17-,18+,19-,22-;. The van der Waals surface area contributed by atoms with Crippen LogP contribution >= 0.6 is 12.4 Å². The summed E-state index contributed by atoms with van der Waals surface area (Å²) in [5.41, 5.74) is 6.56. The molecule has 3 saturated heterocycles. The summed E-state index contributed by atoms with van der Waals surface area (Å²) in [6.07, 6.45) is 11.0. The van der Waals surface area contributed by atoms with E-state index >= 15 is 0 Å². The second kappa shape index (κ2) is 8.14. The molecule has 1 saturated carbocycles. The maximum absolute atomic E-state index is 11.7. The molecular weight excluding hydrogens is 390 g/mol. The minimum atomic E-state index is -0.478. The zero-order chi connectivity index (χ0) is 19.3. The number of primary amides is 1. The summed E-state index contributed by atoms with van der Waals surface area (Å²) in [7, 11) is 1.83. The number of carbonyl (C=O) groups excluding carboxylic acids is 1. The number of rotatable bonds is 4. The van der Waals surface area contributed by atoms with Gasteiger partial charge in [0.2, 0.25) is 0 Å². The van der Waals surface area contributed by atoms with Crippen LogP contribution in [-0.4, -0.2) is 54.2 Å². The van der Waals surface area contributed by atoms with E-state index in [0.29, 0.717) is 35.8 Å². The number of hydrogen-bond acceptors (Lipinski definition) is 5. The molecule has 6 atom stereocenters. The zero-order valence-electron chi connectivity index (χ0n) is 17.1. The van der Waals surface area contributed by atoms with Crippen LogP contribution in [0.5, 0.6) is 0 Å². The van der Waals surface area contributed by atoms with Crippen molar-refractivity contribution in [3.8, 4) is 0 Å². The lowest BCUT2D eigenvalue weighted by atomic mass is 9.62. The van der Waals surface area contributed by atoms with Crippen molar-refractivity contribution in [2.75, 3.05) is 20.2 Å². The number of likely N-dealkylation sites (tertiary alicyclic amines) is 1. The summed E-state index contributed by atoms with van der Waals surface area (Å²) in [5, 5.41) is 0. The van der Waals surface area contributed by atoms with Gasteiger partial charge < -0.3 is 15.2 Å². The van der Waals surface area contributed by atoms with Crippen molar-refractivity contribution in [3.63, 3.8) is 0 Å². The van der Waals surface area contributed by atoms with E-state index in [4.69, 9.17) is 15.2 Å². The number of nitrogens with two attached hydrogens (primary N) is 1. The Bertz CT molecular complexity index is 735. The predicted octanol–water partition coefficient (Wildman–Crippen LogP) is 2.89. The lowest BCUT2D eigenvalue weighted by molar-refractivity contribution is -0.180. The first-order chi connectivity index (χ1) is 13.6. The molecule has 160 valence electrons. The summed E-state index contributed by atoms with van der Waals surface area (Å²) in [6.45, 7) is 2.12. The van der Waals surface area contributed by atoms with Crippen LogP contribution < -0.4 is 5.73 Å². The lowest BCUT2D eigenvalue weighted by Crippen LogP contribution is -2.61. The minimum Gasteiger partial charge on any atom is -0.375 e. The highest BCUT2D eigenvalue weighted by molar-refractivity contribution is 5.90. The third-order valence-electron chi connectivity index (χ3n) is 7.81. The molecule has 6 nitrogen and oxygen atoms in total. The van der Waals surface area contributed by atoms with E-state index in [2.05, 4.69) is 9.88 Å². The Labute approximate surface area is 178 Å². The predicted molar refractivity (Wildman–Crippen MR) is 112 cm³/mol. The molecule has 4 fully saturated rings. The van der Waals surface area contributed by atoms with Gasteiger partial charge in [0, 0.05) is 44.3 Å². The maximum Gasteiger partial charge on any atom is 0.267 e. The van der Waals surface area contributed by atoms with Crippen molar-refractivity contribution in [1.29, 1.82) is 0 Å². The molecule has 0 radical (unpaired) electrons. The molecule has 29 heavy (non-hydrogen) atoms. The van der Waals surface area contributed by atoms with Crippen LogP contribution in [0.15, 0.2) is 18.3 Å². The highest BCUT2D eigenvalue weighted by atomic mass is 35.5. The SMILES string of the molecule is CO[C@]1(c2ccnc(C(N)=O)c2)[C@@H]2CCC[C@H]1CN([C@H]1C[C@H]3CC[C@@H](C1)O3)C2.Cl. The molecule has 4 aliphatic rings. The third kappa shape index (κ3) is 3.48. The lowest BCUT2D eigenvalue weighted by Gasteiger charge is -2.57. The van der Waals surface area contributed by atoms with Crippen molar-refractivity contribution in [1.82, 2.24) is 9.88 Å². The molecule has 1 amide bonds. The Hall–Kier alpha value is -1.21. The van der Waals surface area contributed by atoms with Gasteiger partial charge >= 0.3 is 0 Å². The third-order valence-corrected chi connectivity index (χ3v) is 7.81. The molecule has 5 rings (SSSR count). The zero-order valence-corrected chi connectivity index (χ0v) is 17.9. The summed E-state index contributed by atoms with van der Waals surface area (Å²) < 4.78 is 12.4. The molecule has 4 bridgehead atoms. The number of aromatic nitrogens is 1. The van der Waals surface area contributed by atoms with Gasteiger partial charge in [-0.15, -0.1) is 12.4 Å². The van der Waals surface area contributed by atoms with Crippen molar-refractivity contribution in [2.24, 2.45) is 17.6 Å². The molecular formula is C22H32ClN3O3. The van der Waals surface area contributed by atoms with Crippen LogP contribution in [0, 0.1) is 11.8 Å². The van der Waals surface area contributed by atoms with E-state index in [9.17, 15) is 4.79 Å². The molecule has 4 heterocycles. The van der Waals surface area contributed by atoms with E-state index in [1.54, 1.807) is 6.20 Å². The van der Waals surface area contributed by atoms with Gasteiger partial charge in [-0.05, 0) is 56.2 Å². The molecule has 3 aliphatic heterocycles. The number of ether oxygens (including phenoxy) is 2. The molecule has 7 heteroatoms. The average molecular weight is 422 g/mol. The summed E-state index contributed by atoms with van der Waals surface area (Å²) >= 11 is 0. The number of halogens is 1. The van der Waals surface area contributed by atoms with Gasteiger partial charge in [-0.25, -0.2) is 0 Å². The number of nitrogens with zero attached hydrogens (tertiary/aromatic N) is 2. The van der Waals surface area contributed by atoms with Gasteiger partial charge in [-0.2, -0.15) is 0 Å². The van der Waals surface area contributed by atoms with Crippen molar-refractivity contribution >= 4 is 18.3 Å². The molecule has 2 N–H and O–H groups in total. The van der Waals surface area contributed by atoms with Crippen LogP contribution in [0.4, 0.5) is 0 Å². The van der Waals surface area contributed by atoms with Crippen molar-refractivity contribution in [2.45, 2.75) is 68.8 Å². The van der Waals surface area contributed by atoms with Gasteiger partial charge in [-0.3, -0.25) is 14.7 Å². The average Bonchev–Trinajstić information content (AvgIpc) is 3.04. The summed E-state index contributed by atoms with van der Waals surface area (Å²) in [6, 6.07) is 4.52. The van der Waals surface area contributed by atoms with Gasteiger partial charge in [0.25, 0.3) is 5.91 Å². The number of pyridine rings is 1. The van der Waals surface area contributed by atoms with Gasteiger partial charge in [0.1, 0.15) is 11.3 Å². The molecule has 1 aromatic heterocycles. The Balaban J connectivity index is 0.00000205. The maximum atomic E-state index is 11.7. The first-order valence-corrected chi connectivity index (χ1v) is 10.8. The molecule has 1 aliphatic carbocycles. The highest BCUT2D eigenvalue weighted by Gasteiger charge is 2.54. The van der Waals surface area contributed by atoms with Crippen LogP contribution in [0.25, 0.3) is 0 Å². The fraction of sp³-hybridized carbons (Fsp3) is 0.727. The molecule has 0 aromatic carbocycles. The Morgan fingerprint density at radius 1 is 1.21 bits per heavy atom. The van der Waals surface area contributed by atoms with E-state index in [0.717, 1.165) is 31.5 Å². The van der Waals surface area contributed by atoms with Gasteiger partial charge in [0.05, 0.1) is 12.2 Å². The highest BCUT2D eigenvalue weighted by Crippen LogP contribution is 2.52. The summed E-state index contributed by atoms with van der Waals surface area (Å²) in [5.74, 6) is 0.371. The largest absolute Gasteiger partial charge is 0.375 e. The number of hydrogen-bond donors (Lipinski definition) is 1. The van der Waals surface area contributed by atoms with Crippen molar-refractivity contribution in [3.05, 3.63) is 29.6 Å². The Kier molecular flexibility index (Phi) is 5.90. The minimum absolute atomic E-state index is 0. The first-order valence-electron chi connectivity index (χ1n) is 10.8. The van der Waals surface area contributed by atoms with Gasteiger partial charge in [0.15, 0.2) is 0 Å². The van der Waals surface area contributed by atoms with Crippen LogP contribution in [0.2, 0.25) is 0 Å². The van der Waals surface area contributed by atoms with Crippen LogP contribution in [0.3, 0.4) is 0 Å². The summed E-state index contributed by atoms with van der Waals surface area (Å²) in [4.78, 5) is 18.6. The van der Waals surface area contributed by atoms with E-state index in [-0.39, 0.29) is 18.0 Å². The Morgan fingerprint density at radius 2 is 1.86 bits per heavy atom. The quantitative estimate of drug-likeness (QED) is 0.808. The number of methoxy groups -OCH3 is 1. The fourth-order valence-electron chi connectivity index (χ4n) is 6.62. The second-order valence-corrected chi connectivity index (χ2v) is 9.15. The van der Waals surface area contributed by atoms with Crippen LogP contribution in [0.1, 0.15) is 61.0 Å². The first kappa shape index (κ1) is 21.0. The van der Waals surface area contributed by atoms with E-state index in [1.165, 1.54) is 32.1 Å². The second-order valence-electron chi connectivity index (χ2n) is 9.15. The Morgan fingerprint density at radius 3 is 2.45 bits per heavy atom. The molecule has 0 unspecified atom stereocenters. The van der Waals surface area contributed by atoms with Gasteiger partial charge in [-0.1, -0.05) is 6.42 Å².